The largest absolute Gasteiger partial charge is 0.326 e. The average Bonchev–Trinajstić information content (AvgIpc) is 2.40. The minimum Gasteiger partial charge on any atom is -0.326 e. The molecule has 0 aliphatic carbocycles. The Labute approximate surface area is 98.7 Å². The van der Waals surface area contributed by atoms with Gasteiger partial charge in [0.2, 0.25) is 0 Å². The second-order valence-electron chi connectivity index (χ2n) is 3.49. The van der Waals surface area contributed by atoms with E-state index >= 15 is 0 Å². The predicted octanol–water partition coefficient (Wildman–Crippen LogP) is 1.19. The van der Waals surface area contributed by atoms with Gasteiger partial charge in [-0.05, 0) is 17.7 Å². The van der Waals surface area contributed by atoms with Crippen LogP contribution in [0.3, 0.4) is 0 Å². The van der Waals surface area contributed by atoms with E-state index in [0.717, 1.165) is 5.56 Å². The Balaban J connectivity index is 2.13. The SMILES string of the molecule is NCc1cccc(NC(=O)c2cncnc2)c1. The number of hydrogen-bond donors (Lipinski definition) is 2. The molecule has 0 spiro atoms. The Kier molecular flexibility index (Phi) is 3.42. The van der Waals surface area contributed by atoms with Crippen molar-refractivity contribution in [2.45, 2.75) is 6.54 Å². The van der Waals surface area contributed by atoms with E-state index in [-0.39, 0.29) is 5.91 Å². The van der Waals surface area contributed by atoms with Crippen molar-refractivity contribution in [2.24, 2.45) is 5.73 Å². The lowest BCUT2D eigenvalue weighted by atomic mass is 10.2. The summed E-state index contributed by atoms with van der Waals surface area (Å²) in [5, 5.41) is 2.76. The predicted molar refractivity (Wildman–Crippen MR) is 64.3 cm³/mol. The molecule has 0 saturated carbocycles. The molecule has 0 atom stereocenters. The van der Waals surface area contributed by atoms with Crippen LogP contribution in [0.5, 0.6) is 0 Å². The number of rotatable bonds is 3. The molecule has 1 amide bonds. The van der Waals surface area contributed by atoms with E-state index in [1.807, 2.05) is 18.2 Å². The van der Waals surface area contributed by atoms with Gasteiger partial charge in [-0.2, -0.15) is 0 Å². The summed E-state index contributed by atoms with van der Waals surface area (Å²) in [5.41, 5.74) is 7.62. The van der Waals surface area contributed by atoms with E-state index in [2.05, 4.69) is 15.3 Å². The molecule has 0 saturated heterocycles. The molecule has 1 aromatic heterocycles. The maximum absolute atomic E-state index is 11.8. The van der Waals surface area contributed by atoms with Gasteiger partial charge in [0.15, 0.2) is 0 Å². The highest BCUT2D eigenvalue weighted by Gasteiger charge is 2.06. The summed E-state index contributed by atoms with van der Waals surface area (Å²) in [6.45, 7) is 0.443. The molecule has 0 aliphatic rings. The molecular weight excluding hydrogens is 216 g/mol. The van der Waals surface area contributed by atoms with Crippen molar-refractivity contribution >= 4 is 11.6 Å². The molecule has 5 nitrogen and oxygen atoms in total. The van der Waals surface area contributed by atoms with Gasteiger partial charge in [0.1, 0.15) is 6.33 Å². The highest BCUT2D eigenvalue weighted by molar-refractivity contribution is 6.03. The van der Waals surface area contributed by atoms with Crippen LogP contribution < -0.4 is 11.1 Å². The van der Waals surface area contributed by atoms with Crippen molar-refractivity contribution in [3.05, 3.63) is 54.1 Å². The van der Waals surface area contributed by atoms with Crippen LogP contribution in [0.1, 0.15) is 15.9 Å². The van der Waals surface area contributed by atoms with Crippen molar-refractivity contribution in [3.8, 4) is 0 Å². The zero-order chi connectivity index (χ0) is 12.1. The summed E-state index contributed by atoms with van der Waals surface area (Å²) in [4.78, 5) is 19.4. The molecule has 0 aliphatic heterocycles. The van der Waals surface area contributed by atoms with Crippen LogP contribution in [0.2, 0.25) is 0 Å². The Morgan fingerprint density at radius 1 is 1.29 bits per heavy atom. The van der Waals surface area contributed by atoms with Gasteiger partial charge in [-0.1, -0.05) is 12.1 Å². The summed E-state index contributed by atoms with van der Waals surface area (Å²) >= 11 is 0. The second kappa shape index (κ2) is 5.18. The number of hydrogen-bond acceptors (Lipinski definition) is 4. The standard InChI is InChI=1S/C12H12N4O/c13-5-9-2-1-3-11(4-9)16-12(17)10-6-14-8-15-7-10/h1-4,6-8H,5,13H2,(H,16,17). The molecule has 1 heterocycles. The Morgan fingerprint density at radius 2 is 2.06 bits per heavy atom. The lowest BCUT2D eigenvalue weighted by Gasteiger charge is -2.05. The number of nitrogens with one attached hydrogen (secondary N) is 1. The number of benzene rings is 1. The third kappa shape index (κ3) is 2.85. The van der Waals surface area contributed by atoms with E-state index in [1.165, 1.54) is 18.7 Å². The fourth-order valence-electron chi connectivity index (χ4n) is 1.40. The molecule has 1 aromatic carbocycles. The molecule has 2 rings (SSSR count). The summed E-state index contributed by atoms with van der Waals surface area (Å²) in [6.07, 6.45) is 4.32. The van der Waals surface area contributed by atoms with Crippen LogP contribution in [-0.2, 0) is 6.54 Å². The lowest BCUT2D eigenvalue weighted by molar-refractivity contribution is 0.102. The molecule has 0 unspecified atom stereocenters. The number of aromatic nitrogens is 2. The van der Waals surface area contributed by atoms with Crippen LogP contribution in [0.15, 0.2) is 43.0 Å². The van der Waals surface area contributed by atoms with Crippen LogP contribution in [-0.4, -0.2) is 15.9 Å². The lowest BCUT2D eigenvalue weighted by Crippen LogP contribution is -2.12. The first-order valence-corrected chi connectivity index (χ1v) is 5.15. The third-order valence-electron chi connectivity index (χ3n) is 2.24. The molecule has 17 heavy (non-hydrogen) atoms. The first-order chi connectivity index (χ1) is 8.29. The normalized spacial score (nSPS) is 9.94. The Morgan fingerprint density at radius 3 is 2.76 bits per heavy atom. The summed E-state index contributed by atoms with van der Waals surface area (Å²) in [5.74, 6) is -0.236. The van der Waals surface area contributed by atoms with Gasteiger partial charge in [-0.3, -0.25) is 4.79 Å². The maximum atomic E-state index is 11.8. The zero-order valence-corrected chi connectivity index (χ0v) is 9.13. The van der Waals surface area contributed by atoms with Crippen LogP contribution in [0.4, 0.5) is 5.69 Å². The molecule has 5 heteroatoms. The van der Waals surface area contributed by atoms with Crippen LogP contribution >= 0.6 is 0 Å². The van der Waals surface area contributed by atoms with Gasteiger partial charge in [0, 0.05) is 24.6 Å². The van der Waals surface area contributed by atoms with Crippen molar-refractivity contribution in [3.63, 3.8) is 0 Å². The van der Waals surface area contributed by atoms with E-state index in [9.17, 15) is 4.79 Å². The number of anilines is 1. The van der Waals surface area contributed by atoms with Crippen molar-refractivity contribution in [2.75, 3.05) is 5.32 Å². The molecule has 86 valence electrons. The minimum absolute atomic E-state index is 0.236. The van der Waals surface area contributed by atoms with Gasteiger partial charge >= 0.3 is 0 Å². The van der Waals surface area contributed by atoms with Gasteiger partial charge < -0.3 is 11.1 Å². The first kappa shape index (κ1) is 11.2. The molecule has 0 radical (unpaired) electrons. The van der Waals surface area contributed by atoms with Crippen LogP contribution in [0, 0.1) is 0 Å². The van der Waals surface area contributed by atoms with Crippen molar-refractivity contribution in [1.29, 1.82) is 0 Å². The number of amides is 1. The summed E-state index contributed by atoms with van der Waals surface area (Å²) in [6, 6.07) is 7.39. The Hall–Kier alpha value is -2.27. The highest BCUT2D eigenvalue weighted by Crippen LogP contribution is 2.11. The number of nitrogens with zero attached hydrogens (tertiary/aromatic N) is 2. The van der Waals surface area contributed by atoms with Gasteiger partial charge in [0.25, 0.3) is 5.91 Å². The van der Waals surface area contributed by atoms with Crippen LogP contribution in [0.25, 0.3) is 0 Å². The average molecular weight is 228 g/mol. The topological polar surface area (TPSA) is 80.9 Å². The Bertz CT molecular complexity index is 513. The van der Waals surface area contributed by atoms with Gasteiger partial charge in [-0.15, -0.1) is 0 Å². The third-order valence-corrected chi connectivity index (χ3v) is 2.24. The van der Waals surface area contributed by atoms with Crippen molar-refractivity contribution in [1.82, 2.24) is 9.97 Å². The van der Waals surface area contributed by atoms with E-state index in [4.69, 9.17) is 5.73 Å². The van der Waals surface area contributed by atoms with Gasteiger partial charge in [-0.25, -0.2) is 9.97 Å². The molecule has 2 aromatic rings. The smallest absolute Gasteiger partial charge is 0.258 e. The van der Waals surface area contributed by atoms with E-state index in [1.54, 1.807) is 6.07 Å². The van der Waals surface area contributed by atoms with E-state index in [0.29, 0.717) is 17.8 Å². The summed E-state index contributed by atoms with van der Waals surface area (Å²) < 4.78 is 0. The molecule has 3 N–H and O–H groups in total. The monoisotopic (exact) mass is 228 g/mol. The van der Waals surface area contributed by atoms with E-state index < -0.39 is 0 Å². The maximum Gasteiger partial charge on any atom is 0.258 e. The quantitative estimate of drug-likeness (QED) is 0.826. The minimum atomic E-state index is -0.236. The molecule has 0 fully saturated rings. The fraction of sp³-hybridized carbons (Fsp3) is 0.0833. The number of nitrogens with two attached hydrogens (primary N) is 1. The fourth-order valence-corrected chi connectivity index (χ4v) is 1.40. The van der Waals surface area contributed by atoms with Crippen molar-refractivity contribution < 1.29 is 4.79 Å². The summed E-state index contributed by atoms with van der Waals surface area (Å²) in [7, 11) is 0. The van der Waals surface area contributed by atoms with Gasteiger partial charge in [0.05, 0.1) is 5.56 Å². The molecular formula is C12H12N4O. The number of carbonyl (C=O) groups is 1. The number of carbonyl (C=O) groups excluding carboxylic acids is 1. The highest BCUT2D eigenvalue weighted by atomic mass is 16.1. The first-order valence-electron chi connectivity index (χ1n) is 5.15. The second-order valence-corrected chi connectivity index (χ2v) is 3.49. The zero-order valence-electron chi connectivity index (χ0n) is 9.13. The molecule has 0 bridgehead atoms.